The predicted octanol–water partition coefficient (Wildman–Crippen LogP) is 3.67. The van der Waals surface area contributed by atoms with E-state index in [0.29, 0.717) is 24.1 Å². The van der Waals surface area contributed by atoms with Crippen molar-refractivity contribution in [2.45, 2.75) is 19.5 Å². The number of benzene rings is 2. The van der Waals surface area contributed by atoms with Gasteiger partial charge in [0.05, 0.1) is 27.9 Å². The second-order valence-corrected chi connectivity index (χ2v) is 8.42. The normalized spacial score (nSPS) is 15.2. The van der Waals surface area contributed by atoms with Crippen LogP contribution in [0.5, 0.6) is 17.2 Å². The van der Waals surface area contributed by atoms with Crippen molar-refractivity contribution in [1.29, 1.82) is 0 Å². The molecule has 0 radical (unpaired) electrons. The first kappa shape index (κ1) is 23.9. The van der Waals surface area contributed by atoms with Crippen LogP contribution in [0.3, 0.4) is 0 Å². The van der Waals surface area contributed by atoms with Crippen molar-refractivity contribution in [2.24, 2.45) is 0 Å². The third kappa shape index (κ3) is 5.46. The first-order valence-corrected chi connectivity index (χ1v) is 11.6. The van der Waals surface area contributed by atoms with Crippen LogP contribution in [0.4, 0.5) is 5.69 Å². The Labute approximate surface area is 201 Å². The lowest BCUT2D eigenvalue weighted by Crippen LogP contribution is -2.51. The lowest BCUT2D eigenvalue weighted by Gasteiger charge is -2.39. The van der Waals surface area contributed by atoms with Crippen LogP contribution in [0.25, 0.3) is 11.3 Å². The van der Waals surface area contributed by atoms with Gasteiger partial charge >= 0.3 is 0 Å². The number of ether oxygens (including phenoxy) is 3. The number of hydrogen-bond acceptors (Lipinski definition) is 8. The number of nitrogens with zero attached hydrogens (tertiary/aromatic N) is 3. The van der Waals surface area contributed by atoms with Crippen LogP contribution >= 0.6 is 0 Å². The highest BCUT2D eigenvalue weighted by molar-refractivity contribution is 5.71. The molecule has 0 bridgehead atoms. The van der Waals surface area contributed by atoms with E-state index in [1.165, 1.54) is 5.69 Å². The zero-order valence-corrected chi connectivity index (χ0v) is 20.4. The molecule has 182 valence electrons. The minimum Gasteiger partial charge on any atom is -0.497 e. The van der Waals surface area contributed by atoms with Gasteiger partial charge in [-0.2, -0.15) is 0 Å². The van der Waals surface area contributed by atoms with E-state index in [1.807, 2.05) is 36.4 Å². The standard InChI is InChI=1S/C26H34N4O4/c1-19(29-12-14-30(15-13-29)20-8-10-21(31-2)11-9-20)17-27-18-22-16-24(28-34-22)23-6-5-7-25(32-3)26(23)33-4/h5-11,16,19,27H,12-15,17-18H2,1-4H3. The molecular formula is C26H34N4O4. The summed E-state index contributed by atoms with van der Waals surface area (Å²) in [6.45, 7) is 7.88. The minimum atomic E-state index is 0.430. The molecule has 1 aliphatic heterocycles. The number of piperazine rings is 1. The van der Waals surface area contributed by atoms with E-state index >= 15 is 0 Å². The van der Waals surface area contributed by atoms with Gasteiger partial charge < -0.3 is 29.0 Å². The Balaban J connectivity index is 1.25. The Kier molecular flexibility index (Phi) is 7.92. The van der Waals surface area contributed by atoms with Crippen molar-refractivity contribution in [1.82, 2.24) is 15.4 Å². The van der Waals surface area contributed by atoms with Crippen molar-refractivity contribution < 1.29 is 18.7 Å². The molecule has 1 aromatic heterocycles. The molecule has 8 nitrogen and oxygen atoms in total. The van der Waals surface area contributed by atoms with E-state index in [4.69, 9.17) is 18.7 Å². The smallest absolute Gasteiger partial charge is 0.170 e. The Morgan fingerprint density at radius 2 is 1.74 bits per heavy atom. The Morgan fingerprint density at radius 3 is 2.41 bits per heavy atom. The molecule has 34 heavy (non-hydrogen) atoms. The van der Waals surface area contributed by atoms with Gasteiger partial charge in [0.2, 0.25) is 0 Å². The average Bonchev–Trinajstić information content (AvgIpc) is 3.37. The van der Waals surface area contributed by atoms with Crippen molar-refractivity contribution in [3.63, 3.8) is 0 Å². The van der Waals surface area contributed by atoms with Gasteiger partial charge in [0.25, 0.3) is 0 Å². The number of nitrogens with one attached hydrogen (secondary N) is 1. The molecule has 2 aromatic carbocycles. The van der Waals surface area contributed by atoms with Crippen LogP contribution in [0.15, 0.2) is 53.1 Å². The fourth-order valence-electron chi connectivity index (χ4n) is 4.36. The molecule has 0 amide bonds. The molecule has 3 aromatic rings. The summed E-state index contributed by atoms with van der Waals surface area (Å²) in [5, 5.41) is 7.74. The lowest BCUT2D eigenvalue weighted by atomic mass is 10.1. The number of methoxy groups -OCH3 is 3. The quantitative estimate of drug-likeness (QED) is 0.485. The second kappa shape index (κ2) is 11.3. The van der Waals surface area contributed by atoms with Gasteiger partial charge in [0, 0.05) is 56.1 Å². The molecule has 2 heterocycles. The number of hydrogen-bond donors (Lipinski definition) is 1. The van der Waals surface area contributed by atoms with Crippen molar-refractivity contribution >= 4 is 5.69 Å². The summed E-state index contributed by atoms with van der Waals surface area (Å²) in [6.07, 6.45) is 0. The molecule has 1 unspecified atom stereocenters. The van der Waals surface area contributed by atoms with Crippen LogP contribution in [-0.4, -0.2) is 70.2 Å². The highest BCUT2D eigenvalue weighted by atomic mass is 16.5. The number of aromatic nitrogens is 1. The monoisotopic (exact) mass is 466 g/mol. The predicted molar refractivity (Wildman–Crippen MR) is 133 cm³/mol. The molecular weight excluding hydrogens is 432 g/mol. The van der Waals surface area contributed by atoms with Crippen molar-refractivity contribution in [2.75, 3.05) is 59.0 Å². The molecule has 8 heteroatoms. The maximum Gasteiger partial charge on any atom is 0.170 e. The van der Waals surface area contributed by atoms with Gasteiger partial charge in [-0.05, 0) is 43.3 Å². The van der Waals surface area contributed by atoms with Gasteiger partial charge in [-0.15, -0.1) is 0 Å². The van der Waals surface area contributed by atoms with Gasteiger partial charge in [-0.3, -0.25) is 4.90 Å². The molecule has 0 saturated carbocycles. The van der Waals surface area contributed by atoms with Crippen molar-refractivity contribution in [3.8, 4) is 28.5 Å². The second-order valence-electron chi connectivity index (χ2n) is 8.42. The maximum absolute atomic E-state index is 5.56. The SMILES string of the molecule is COc1ccc(N2CCN(C(C)CNCc3cc(-c4cccc(OC)c4OC)no3)CC2)cc1. The molecule has 1 atom stereocenters. The number of rotatable bonds is 10. The van der Waals surface area contributed by atoms with E-state index in [9.17, 15) is 0 Å². The Morgan fingerprint density at radius 1 is 0.971 bits per heavy atom. The summed E-state index contributed by atoms with van der Waals surface area (Å²) in [7, 11) is 4.95. The highest BCUT2D eigenvalue weighted by Crippen LogP contribution is 2.37. The fraction of sp³-hybridized carbons (Fsp3) is 0.423. The number of para-hydroxylation sites is 1. The highest BCUT2D eigenvalue weighted by Gasteiger charge is 2.21. The topological polar surface area (TPSA) is 72.2 Å². The first-order valence-electron chi connectivity index (χ1n) is 11.6. The van der Waals surface area contributed by atoms with E-state index in [-0.39, 0.29) is 0 Å². The largest absolute Gasteiger partial charge is 0.497 e. The zero-order valence-electron chi connectivity index (χ0n) is 20.4. The lowest BCUT2D eigenvalue weighted by molar-refractivity contribution is 0.191. The summed E-state index contributed by atoms with van der Waals surface area (Å²) in [4.78, 5) is 4.96. The zero-order chi connectivity index (χ0) is 23.9. The van der Waals surface area contributed by atoms with Crippen LogP contribution in [0, 0.1) is 0 Å². The molecule has 4 rings (SSSR count). The van der Waals surface area contributed by atoms with Crippen LogP contribution in [0.2, 0.25) is 0 Å². The summed E-state index contributed by atoms with van der Waals surface area (Å²) >= 11 is 0. The average molecular weight is 467 g/mol. The Bertz CT molecular complexity index is 1050. The van der Waals surface area contributed by atoms with Gasteiger partial charge in [0.1, 0.15) is 11.4 Å². The molecule has 1 N–H and O–H groups in total. The molecule has 1 saturated heterocycles. The fourth-order valence-corrected chi connectivity index (χ4v) is 4.36. The Hall–Kier alpha value is -3.23. The molecule has 0 aliphatic carbocycles. The van der Waals surface area contributed by atoms with E-state index in [2.05, 4.69) is 39.3 Å². The van der Waals surface area contributed by atoms with Crippen molar-refractivity contribution in [3.05, 3.63) is 54.3 Å². The minimum absolute atomic E-state index is 0.430. The first-order chi connectivity index (χ1) is 16.6. The third-order valence-electron chi connectivity index (χ3n) is 6.35. The van der Waals surface area contributed by atoms with Crippen LogP contribution in [0.1, 0.15) is 12.7 Å². The summed E-state index contributed by atoms with van der Waals surface area (Å²) in [6, 6.07) is 16.4. The van der Waals surface area contributed by atoms with Gasteiger partial charge in [-0.25, -0.2) is 0 Å². The number of anilines is 1. The van der Waals surface area contributed by atoms with Gasteiger partial charge in [-0.1, -0.05) is 11.2 Å². The molecule has 1 aliphatic rings. The maximum atomic E-state index is 5.56. The third-order valence-corrected chi connectivity index (χ3v) is 6.35. The molecule has 0 spiro atoms. The van der Waals surface area contributed by atoms with Crippen LogP contribution in [-0.2, 0) is 6.54 Å². The molecule has 1 fully saturated rings. The van der Waals surface area contributed by atoms with Crippen LogP contribution < -0.4 is 24.4 Å². The van der Waals surface area contributed by atoms with E-state index in [1.54, 1.807) is 21.3 Å². The van der Waals surface area contributed by atoms with Gasteiger partial charge in [0.15, 0.2) is 17.3 Å². The summed E-state index contributed by atoms with van der Waals surface area (Å²) in [5.41, 5.74) is 2.83. The summed E-state index contributed by atoms with van der Waals surface area (Å²) in [5.74, 6) is 3.00. The summed E-state index contributed by atoms with van der Waals surface area (Å²) < 4.78 is 21.7. The van der Waals surface area contributed by atoms with E-state index in [0.717, 1.165) is 55.5 Å². The van der Waals surface area contributed by atoms with E-state index < -0.39 is 0 Å².